The number of benzene rings is 1. The average Bonchev–Trinajstić information content (AvgIpc) is 2.25. The molecule has 2 nitrogen and oxygen atoms in total. The number of phenols is 1. The van der Waals surface area contributed by atoms with Crippen LogP contribution < -0.4 is 4.90 Å². The van der Waals surface area contributed by atoms with Crippen molar-refractivity contribution < 1.29 is 5.11 Å². The van der Waals surface area contributed by atoms with Gasteiger partial charge in [-0.2, -0.15) is 0 Å². The Hall–Kier alpha value is -1.18. The number of hydrogen-bond acceptors (Lipinski definition) is 2. The van der Waals surface area contributed by atoms with Crippen LogP contribution in [0.2, 0.25) is 0 Å². The summed E-state index contributed by atoms with van der Waals surface area (Å²) in [6, 6.07) is 4.27. The summed E-state index contributed by atoms with van der Waals surface area (Å²) in [6.45, 7) is 16.0. The maximum Gasteiger partial charge on any atom is 0.142 e. The lowest BCUT2D eigenvalue weighted by Crippen LogP contribution is -2.21. The van der Waals surface area contributed by atoms with Crippen molar-refractivity contribution in [2.24, 2.45) is 0 Å². The summed E-state index contributed by atoms with van der Waals surface area (Å²) in [4.78, 5) is 2.10. The summed E-state index contributed by atoms with van der Waals surface area (Å²) in [5.41, 5.74) is 3.24. The van der Waals surface area contributed by atoms with Crippen LogP contribution in [-0.4, -0.2) is 18.7 Å². The van der Waals surface area contributed by atoms with E-state index in [9.17, 15) is 5.11 Å². The van der Waals surface area contributed by atoms with Gasteiger partial charge in [0.2, 0.25) is 0 Å². The molecule has 108 valence electrons. The summed E-state index contributed by atoms with van der Waals surface area (Å²) < 4.78 is 0. The van der Waals surface area contributed by atoms with Gasteiger partial charge in [0, 0.05) is 19.2 Å². The summed E-state index contributed by atoms with van der Waals surface area (Å²) in [5, 5.41) is 10.6. The van der Waals surface area contributed by atoms with Crippen LogP contribution in [0.15, 0.2) is 12.1 Å². The highest BCUT2D eigenvalue weighted by Gasteiger charge is 2.25. The largest absolute Gasteiger partial charge is 0.505 e. The standard InChI is InChI=1S/C17H29NO/c1-9-18(8)14-11-12(16(2,3)4)10-13(15(14)19)17(5,6)7/h10-11,19H,9H2,1-8H3. The Morgan fingerprint density at radius 1 is 1.00 bits per heavy atom. The van der Waals surface area contributed by atoms with Crippen LogP contribution in [0.1, 0.15) is 59.6 Å². The summed E-state index contributed by atoms with van der Waals surface area (Å²) >= 11 is 0. The molecule has 0 aliphatic rings. The molecule has 0 spiro atoms. The molecule has 0 bridgehead atoms. The molecule has 1 aromatic rings. The van der Waals surface area contributed by atoms with Crippen molar-refractivity contribution in [1.29, 1.82) is 0 Å². The van der Waals surface area contributed by atoms with Gasteiger partial charge in [-0.3, -0.25) is 0 Å². The monoisotopic (exact) mass is 263 g/mol. The lowest BCUT2D eigenvalue weighted by Gasteiger charge is -2.30. The molecule has 0 radical (unpaired) electrons. The zero-order valence-electron chi connectivity index (χ0n) is 13.8. The van der Waals surface area contributed by atoms with Crippen molar-refractivity contribution in [3.63, 3.8) is 0 Å². The summed E-state index contributed by atoms with van der Waals surface area (Å²) in [6.07, 6.45) is 0. The smallest absolute Gasteiger partial charge is 0.142 e. The molecule has 0 aromatic heterocycles. The molecule has 2 heteroatoms. The topological polar surface area (TPSA) is 23.5 Å². The first-order chi connectivity index (χ1) is 8.48. The van der Waals surface area contributed by atoms with E-state index in [1.54, 1.807) is 0 Å². The first kappa shape index (κ1) is 15.9. The molecule has 0 atom stereocenters. The first-order valence-electron chi connectivity index (χ1n) is 7.07. The predicted octanol–water partition coefficient (Wildman–Crippen LogP) is 4.44. The van der Waals surface area contributed by atoms with Gasteiger partial charge in [0.05, 0.1) is 5.69 Å². The maximum absolute atomic E-state index is 10.6. The van der Waals surface area contributed by atoms with Crippen molar-refractivity contribution in [2.75, 3.05) is 18.5 Å². The molecule has 1 N–H and O–H groups in total. The summed E-state index contributed by atoms with van der Waals surface area (Å²) in [5.74, 6) is 0.421. The van der Waals surface area contributed by atoms with Crippen LogP contribution >= 0.6 is 0 Å². The number of phenolic OH excluding ortho intramolecular Hbond substituents is 1. The van der Waals surface area contributed by atoms with E-state index in [-0.39, 0.29) is 10.8 Å². The quantitative estimate of drug-likeness (QED) is 0.852. The summed E-state index contributed by atoms with van der Waals surface area (Å²) in [7, 11) is 2.02. The van der Waals surface area contributed by atoms with Crippen molar-refractivity contribution in [3.05, 3.63) is 23.3 Å². The molecule has 1 rings (SSSR count). The second kappa shape index (κ2) is 5.07. The van der Waals surface area contributed by atoms with Crippen LogP contribution in [0.5, 0.6) is 5.75 Å². The second-order valence-corrected chi connectivity index (χ2v) is 7.41. The van der Waals surface area contributed by atoms with E-state index in [1.165, 1.54) is 5.56 Å². The molecular weight excluding hydrogens is 234 g/mol. The van der Waals surface area contributed by atoms with E-state index in [0.717, 1.165) is 17.8 Å². The molecule has 0 aliphatic heterocycles. The normalized spacial score (nSPS) is 12.6. The van der Waals surface area contributed by atoms with Gasteiger partial charge in [0.15, 0.2) is 0 Å². The molecule has 0 saturated heterocycles. The van der Waals surface area contributed by atoms with Crippen molar-refractivity contribution in [3.8, 4) is 5.75 Å². The van der Waals surface area contributed by atoms with E-state index in [2.05, 4.69) is 65.5 Å². The fourth-order valence-electron chi connectivity index (χ4n) is 2.09. The van der Waals surface area contributed by atoms with Gasteiger partial charge in [-0.25, -0.2) is 0 Å². The molecular formula is C17H29NO. The molecule has 0 saturated carbocycles. The third-order valence-corrected chi connectivity index (χ3v) is 3.65. The van der Waals surface area contributed by atoms with Crippen LogP contribution in [0.25, 0.3) is 0 Å². The highest BCUT2D eigenvalue weighted by Crippen LogP contribution is 2.41. The van der Waals surface area contributed by atoms with Gasteiger partial charge in [0.25, 0.3) is 0 Å². The van der Waals surface area contributed by atoms with Crippen molar-refractivity contribution in [1.82, 2.24) is 0 Å². The molecule has 0 heterocycles. The minimum atomic E-state index is -0.0608. The molecule has 0 unspecified atom stereocenters. The van der Waals surface area contributed by atoms with Crippen molar-refractivity contribution >= 4 is 5.69 Å². The zero-order chi connectivity index (χ0) is 15.0. The van der Waals surface area contributed by atoms with Crippen molar-refractivity contribution in [2.45, 2.75) is 59.3 Å². The number of hydrogen-bond donors (Lipinski definition) is 1. The number of anilines is 1. The number of rotatable bonds is 2. The van der Waals surface area contributed by atoms with E-state index >= 15 is 0 Å². The predicted molar refractivity (Wildman–Crippen MR) is 84.5 cm³/mol. The fourth-order valence-corrected chi connectivity index (χ4v) is 2.09. The Morgan fingerprint density at radius 3 is 1.89 bits per heavy atom. The Morgan fingerprint density at radius 2 is 1.53 bits per heavy atom. The molecule has 0 amide bonds. The van der Waals surface area contributed by atoms with Gasteiger partial charge in [-0.1, -0.05) is 47.6 Å². The molecule has 1 aromatic carbocycles. The van der Waals surface area contributed by atoms with Crippen LogP contribution in [0.3, 0.4) is 0 Å². The molecule has 0 aliphatic carbocycles. The fraction of sp³-hybridized carbons (Fsp3) is 0.647. The Bertz CT molecular complexity index is 450. The highest BCUT2D eigenvalue weighted by atomic mass is 16.3. The minimum absolute atomic E-state index is 0.0608. The lowest BCUT2D eigenvalue weighted by atomic mass is 9.79. The molecule has 19 heavy (non-hydrogen) atoms. The van der Waals surface area contributed by atoms with Crippen LogP contribution in [-0.2, 0) is 10.8 Å². The van der Waals surface area contributed by atoms with E-state index in [4.69, 9.17) is 0 Å². The van der Waals surface area contributed by atoms with Gasteiger partial charge < -0.3 is 10.0 Å². The number of aromatic hydroxyl groups is 1. The lowest BCUT2D eigenvalue weighted by molar-refractivity contribution is 0.444. The van der Waals surface area contributed by atoms with Gasteiger partial charge >= 0.3 is 0 Å². The van der Waals surface area contributed by atoms with E-state index < -0.39 is 0 Å². The SMILES string of the molecule is CCN(C)c1cc(C(C)(C)C)cc(C(C)(C)C)c1O. The van der Waals surface area contributed by atoms with Gasteiger partial charge in [-0.15, -0.1) is 0 Å². The average molecular weight is 263 g/mol. The van der Waals surface area contributed by atoms with E-state index in [1.807, 2.05) is 7.05 Å². The second-order valence-electron chi connectivity index (χ2n) is 7.41. The van der Waals surface area contributed by atoms with Crippen LogP contribution in [0, 0.1) is 0 Å². The van der Waals surface area contributed by atoms with Gasteiger partial charge in [-0.05, 0) is 29.4 Å². The Labute approximate surface area is 118 Å². The third kappa shape index (κ3) is 3.43. The first-order valence-corrected chi connectivity index (χ1v) is 7.07. The number of nitrogens with zero attached hydrogens (tertiary/aromatic N) is 1. The van der Waals surface area contributed by atoms with Gasteiger partial charge in [0.1, 0.15) is 5.75 Å². The third-order valence-electron chi connectivity index (χ3n) is 3.65. The zero-order valence-corrected chi connectivity index (χ0v) is 13.8. The van der Waals surface area contributed by atoms with Crippen LogP contribution in [0.4, 0.5) is 5.69 Å². The molecule has 0 fully saturated rings. The Balaban J connectivity index is 3.57. The Kier molecular flexibility index (Phi) is 4.23. The van der Waals surface area contributed by atoms with E-state index in [0.29, 0.717) is 5.75 Å². The maximum atomic E-state index is 10.6. The highest BCUT2D eigenvalue weighted by molar-refractivity contribution is 5.64. The minimum Gasteiger partial charge on any atom is -0.505 e.